The minimum absolute atomic E-state index is 0.0207. The third kappa shape index (κ3) is 3.55. The molecule has 2 heterocycles. The van der Waals surface area contributed by atoms with Gasteiger partial charge in [0, 0.05) is 31.0 Å². The number of anilines is 1. The van der Waals surface area contributed by atoms with Crippen LogP contribution in [0.15, 0.2) is 30.6 Å². The summed E-state index contributed by atoms with van der Waals surface area (Å²) in [5.74, 6) is -2.73. The van der Waals surface area contributed by atoms with Gasteiger partial charge in [0.15, 0.2) is 11.6 Å². The number of carbonyl (C=O) groups is 1. The molecule has 0 fully saturated rings. The molecule has 27 heavy (non-hydrogen) atoms. The predicted octanol–water partition coefficient (Wildman–Crippen LogP) is 2.76. The van der Waals surface area contributed by atoms with Crippen LogP contribution in [0.5, 0.6) is 0 Å². The molecule has 1 aromatic heterocycles. The van der Waals surface area contributed by atoms with Crippen LogP contribution in [0.4, 0.5) is 20.2 Å². The Balaban J connectivity index is 2.00. The van der Waals surface area contributed by atoms with Gasteiger partial charge in [-0.15, -0.1) is 0 Å². The lowest BCUT2D eigenvalue weighted by molar-refractivity contribution is -0.350. The Hall–Kier alpha value is -2.79. The third-order valence-corrected chi connectivity index (χ3v) is 4.14. The molecular weight excluding hydrogens is 360 g/mol. The van der Waals surface area contributed by atoms with E-state index in [4.69, 9.17) is 0 Å². The van der Waals surface area contributed by atoms with Crippen molar-refractivity contribution in [2.75, 3.05) is 5.32 Å². The molecule has 0 aliphatic carbocycles. The number of carbonyl (C=O) groups excluding carboxylic acids is 1. The Morgan fingerprint density at radius 2 is 1.96 bits per heavy atom. The lowest BCUT2D eigenvalue weighted by Gasteiger charge is -2.28. The zero-order valence-electron chi connectivity index (χ0n) is 14.9. The smallest absolute Gasteiger partial charge is 0.273 e. The number of hydrogen-bond donors (Lipinski definition) is 4. The van der Waals surface area contributed by atoms with Gasteiger partial charge in [-0.05, 0) is 37.6 Å². The first kappa shape index (κ1) is 19.0. The molecule has 0 atom stereocenters. The maximum Gasteiger partial charge on any atom is 0.273 e. The van der Waals surface area contributed by atoms with Crippen molar-refractivity contribution in [1.29, 1.82) is 0 Å². The highest BCUT2D eigenvalue weighted by Gasteiger charge is 2.39. The molecule has 0 unspecified atom stereocenters. The van der Waals surface area contributed by atoms with Gasteiger partial charge >= 0.3 is 0 Å². The van der Waals surface area contributed by atoms with Crippen LogP contribution in [0.25, 0.3) is 6.08 Å². The van der Waals surface area contributed by atoms with Gasteiger partial charge in [0.05, 0.1) is 16.7 Å². The third-order valence-electron chi connectivity index (χ3n) is 4.14. The van der Waals surface area contributed by atoms with E-state index in [1.54, 1.807) is 19.3 Å². The molecule has 1 aromatic carbocycles. The lowest BCUT2D eigenvalue weighted by Crippen LogP contribution is -2.61. The van der Waals surface area contributed by atoms with Crippen LogP contribution >= 0.6 is 0 Å². The maximum absolute atomic E-state index is 13.4. The summed E-state index contributed by atoms with van der Waals surface area (Å²) < 4.78 is 27.8. The fraction of sp³-hybridized carbons (Fsp3) is 0.235. The quantitative estimate of drug-likeness (QED) is 0.615. The van der Waals surface area contributed by atoms with Crippen molar-refractivity contribution in [3.8, 4) is 0 Å². The number of amides is 1. The van der Waals surface area contributed by atoms with Gasteiger partial charge in [0.25, 0.3) is 5.91 Å². The second kappa shape index (κ2) is 6.74. The Bertz CT molecular complexity index is 924. The minimum Gasteiger partial charge on any atom is -0.340 e. The Morgan fingerprint density at radius 3 is 2.59 bits per heavy atom. The van der Waals surface area contributed by atoms with Gasteiger partial charge in [-0.3, -0.25) is 9.80 Å². The fourth-order valence-corrected chi connectivity index (χ4v) is 2.78. The van der Waals surface area contributed by atoms with E-state index >= 15 is 0 Å². The monoisotopic (exact) mass is 380 g/mol. The molecule has 144 valence electrons. The molecule has 3 rings (SSSR count). The number of halogens is 2. The highest BCUT2D eigenvalue weighted by Crippen LogP contribution is 2.32. The Labute approximate surface area is 154 Å². The molecule has 4 N–H and O–H groups in total. The van der Waals surface area contributed by atoms with Crippen LogP contribution in [0.3, 0.4) is 0 Å². The summed E-state index contributed by atoms with van der Waals surface area (Å²) in [6, 6.07) is 2.90. The molecular formula is C17H20F2N5O3+. The number of aryl methyl sites for hydroxylation is 1. The van der Waals surface area contributed by atoms with Crippen LogP contribution < -0.4 is 15.8 Å². The first-order chi connectivity index (χ1) is 12.6. The molecule has 1 aliphatic rings. The van der Waals surface area contributed by atoms with E-state index in [0.29, 0.717) is 0 Å². The van der Waals surface area contributed by atoms with Crippen LogP contribution in [0.2, 0.25) is 0 Å². The SMILES string of the molecule is CC(C)N1C=Cc2c(cn(C)c2C(=O)Nc2ccc(F)c(F)c2)[N+](O)(O)N1. The fourth-order valence-electron chi connectivity index (χ4n) is 2.78. The largest absolute Gasteiger partial charge is 0.340 e. The van der Waals surface area contributed by atoms with E-state index in [1.165, 1.54) is 21.8 Å². The van der Waals surface area contributed by atoms with E-state index in [0.717, 1.165) is 12.1 Å². The molecule has 0 bridgehead atoms. The highest BCUT2D eigenvalue weighted by atomic mass is 19.2. The van der Waals surface area contributed by atoms with E-state index in [9.17, 15) is 24.0 Å². The van der Waals surface area contributed by atoms with Crippen molar-refractivity contribution < 1.29 is 24.0 Å². The van der Waals surface area contributed by atoms with Crippen molar-refractivity contribution in [2.24, 2.45) is 7.05 Å². The Kier molecular flexibility index (Phi) is 4.74. The van der Waals surface area contributed by atoms with E-state index in [1.807, 2.05) is 13.8 Å². The number of nitrogens with one attached hydrogen (secondary N) is 2. The summed E-state index contributed by atoms with van der Waals surface area (Å²) in [7, 11) is 1.56. The second-order valence-corrected chi connectivity index (χ2v) is 6.49. The Morgan fingerprint density at radius 1 is 1.26 bits per heavy atom. The van der Waals surface area contributed by atoms with Crippen molar-refractivity contribution in [1.82, 2.24) is 20.0 Å². The van der Waals surface area contributed by atoms with Gasteiger partial charge in [-0.25, -0.2) is 8.78 Å². The van der Waals surface area contributed by atoms with Crippen LogP contribution in [-0.4, -0.2) is 31.9 Å². The molecule has 0 radical (unpaired) electrons. The zero-order chi connectivity index (χ0) is 19.9. The molecule has 1 amide bonds. The van der Waals surface area contributed by atoms with Crippen LogP contribution in [-0.2, 0) is 7.05 Å². The van der Waals surface area contributed by atoms with Gasteiger partial charge < -0.3 is 9.88 Å². The number of benzene rings is 1. The summed E-state index contributed by atoms with van der Waals surface area (Å²) in [6.45, 7) is 3.67. The number of hydrogen-bond acceptors (Lipinski definition) is 5. The van der Waals surface area contributed by atoms with Crippen molar-refractivity contribution >= 4 is 23.4 Å². The lowest BCUT2D eigenvalue weighted by atomic mass is 10.2. The molecule has 8 nitrogen and oxygen atoms in total. The second-order valence-electron chi connectivity index (χ2n) is 6.49. The van der Waals surface area contributed by atoms with Gasteiger partial charge in [0.1, 0.15) is 5.69 Å². The predicted molar refractivity (Wildman–Crippen MR) is 94.2 cm³/mol. The summed E-state index contributed by atoms with van der Waals surface area (Å²) in [5.41, 5.74) is 2.98. The minimum atomic E-state index is -1.66. The first-order valence-corrected chi connectivity index (χ1v) is 8.15. The molecule has 1 aliphatic heterocycles. The maximum atomic E-state index is 13.4. The number of rotatable bonds is 3. The summed E-state index contributed by atoms with van der Waals surface area (Å²) in [6.07, 6.45) is 4.52. The van der Waals surface area contributed by atoms with E-state index in [-0.39, 0.29) is 28.7 Å². The molecule has 0 saturated heterocycles. The van der Waals surface area contributed by atoms with Crippen molar-refractivity contribution in [2.45, 2.75) is 19.9 Å². The summed E-state index contributed by atoms with van der Waals surface area (Å²) >= 11 is 0. The normalized spacial score (nSPS) is 15.6. The molecule has 2 aromatic rings. The van der Waals surface area contributed by atoms with Gasteiger partial charge in [-0.2, -0.15) is 10.4 Å². The number of aromatic nitrogens is 1. The van der Waals surface area contributed by atoms with Gasteiger partial charge in [-0.1, -0.05) is 0 Å². The molecule has 0 spiro atoms. The zero-order valence-corrected chi connectivity index (χ0v) is 14.9. The topological polar surface area (TPSA) is 89.8 Å². The number of quaternary nitrogens is 1. The van der Waals surface area contributed by atoms with Gasteiger partial charge in [0.2, 0.25) is 5.69 Å². The summed E-state index contributed by atoms with van der Waals surface area (Å²) in [5, 5.41) is 24.7. The van der Waals surface area contributed by atoms with Crippen molar-refractivity contribution in [3.05, 3.63) is 53.5 Å². The van der Waals surface area contributed by atoms with Crippen LogP contribution in [0.1, 0.15) is 29.9 Å². The average molecular weight is 380 g/mol. The first-order valence-electron chi connectivity index (χ1n) is 8.15. The van der Waals surface area contributed by atoms with E-state index < -0.39 is 22.5 Å². The summed E-state index contributed by atoms with van der Waals surface area (Å²) in [4.78, 5) is 11.1. The molecule has 0 saturated carbocycles. The average Bonchev–Trinajstić information content (AvgIpc) is 2.85. The van der Waals surface area contributed by atoms with E-state index in [2.05, 4.69) is 10.9 Å². The number of hydrazine groups is 1. The van der Waals surface area contributed by atoms with Crippen molar-refractivity contribution in [3.63, 3.8) is 0 Å². The molecule has 10 heteroatoms. The number of nitrogens with zero attached hydrogens (tertiary/aromatic N) is 3. The standard InChI is InChI=1S/C17H19F2N5O3/c1-10(2)23-7-6-12-15(24(26,27)21-23)9-22(3)16(12)17(25)20-11-4-5-13(18)14(19)8-11/h4-10,21,26-27H,1-3H3/p+1. The highest BCUT2D eigenvalue weighted by molar-refractivity contribution is 6.07. The number of fused-ring (bicyclic) bond motifs is 1. The van der Waals surface area contributed by atoms with Crippen LogP contribution in [0, 0.1) is 11.6 Å².